The van der Waals surface area contributed by atoms with E-state index in [1.807, 2.05) is 0 Å². The van der Waals surface area contributed by atoms with Crippen LogP contribution in [-0.2, 0) is 19.6 Å². The van der Waals surface area contributed by atoms with Gasteiger partial charge in [0.2, 0.25) is 10.0 Å². The molecule has 1 fully saturated rings. The predicted molar refractivity (Wildman–Crippen MR) is 97.3 cm³/mol. The molecule has 0 aromatic heterocycles. The van der Waals surface area contributed by atoms with Crippen molar-refractivity contribution >= 4 is 21.9 Å². The monoisotopic (exact) mass is 382 g/mol. The molecule has 26 heavy (non-hydrogen) atoms. The minimum atomic E-state index is -3.56. The molecule has 2 rings (SSSR count). The Kier molecular flexibility index (Phi) is 7.59. The van der Waals surface area contributed by atoms with Crippen LogP contribution in [0.25, 0.3) is 0 Å². The second kappa shape index (κ2) is 9.68. The van der Waals surface area contributed by atoms with Crippen LogP contribution in [0.2, 0.25) is 0 Å². The first-order chi connectivity index (χ1) is 12.4. The van der Waals surface area contributed by atoms with Gasteiger partial charge in [0.15, 0.2) is 6.61 Å². The quantitative estimate of drug-likeness (QED) is 0.759. The molecule has 8 heteroatoms. The van der Waals surface area contributed by atoms with E-state index in [4.69, 9.17) is 4.74 Å². The zero-order valence-corrected chi connectivity index (χ0v) is 15.9. The molecule has 0 radical (unpaired) electrons. The minimum absolute atomic E-state index is 0.0765. The van der Waals surface area contributed by atoms with Crippen LogP contribution in [0.15, 0.2) is 29.2 Å². The second-order valence-corrected chi connectivity index (χ2v) is 8.02. The number of likely N-dealkylation sites (tertiary alicyclic amines) is 1. The van der Waals surface area contributed by atoms with E-state index >= 15 is 0 Å². The average molecular weight is 382 g/mol. The number of ether oxygens (including phenoxy) is 1. The maximum Gasteiger partial charge on any atom is 0.338 e. The van der Waals surface area contributed by atoms with Crippen molar-refractivity contribution in [3.63, 3.8) is 0 Å². The fourth-order valence-electron chi connectivity index (χ4n) is 2.84. The summed E-state index contributed by atoms with van der Waals surface area (Å²) < 4.78 is 31.2. The van der Waals surface area contributed by atoms with Crippen LogP contribution in [0.1, 0.15) is 49.4 Å². The number of rotatable bonds is 6. The van der Waals surface area contributed by atoms with Gasteiger partial charge < -0.3 is 9.64 Å². The third-order valence-corrected chi connectivity index (χ3v) is 5.83. The topological polar surface area (TPSA) is 92.8 Å². The van der Waals surface area contributed by atoms with Crippen molar-refractivity contribution in [2.75, 3.05) is 26.2 Å². The molecular formula is C18H26N2O5S. The lowest BCUT2D eigenvalue weighted by Gasteiger charge is -2.24. The van der Waals surface area contributed by atoms with E-state index in [0.717, 1.165) is 25.7 Å². The first-order valence-electron chi connectivity index (χ1n) is 8.98. The van der Waals surface area contributed by atoms with Gasteiger partial charge in [0.1, 0.15) is 0 Å². The molecule has 0 saturated carbocycles. The highest BCUT2D eigenvalue weighted by Gasteiger charge is 2.18. The Labute approximate surface area is 154 Å². The summed E-state index contributed by atoms with van der Waals surface area (Å²) in [6.07, 6.45) is 5.39. The highest BCUT2D eigenvalue weighted by Crippen LogP contribution is 2.13. The number of amides is 1. The number of hydrogen-bond acceptors (Lipinski definition) is 5. The van der Waals surface area contributed by atoms with Gasteiger partial charge in [-0.1, -0.05) is 26.2 Å². The molecule has 0 spiro atoms. The number of sulfonamides is 1. The van der Waals surface area contributed by atoms with Crippen molar-refractivity contribution in [1.82, 2.24) is 9.62 Å². The average Bonchev–Trinajstić information content (AvgIpc) is 2.59. The molecule has 1 N–H and O–H groups in total. The number of hydrogen-bond donors (Lipinski definition) is 1. The van der Waals surface area contributed by atoms with Gasteiger partial charge in [-0.05, 0) is 37.1 Å². The Morgan fingerprint density at radius 1 is 1.04 bits per heavy atom. The second-order valence-electron chi connectivity index (χ2n) is 6.25. The van der Waals surface area contributed by atoms with Gasteiger partial charge in [0, 0.05) is 19.6 Å². The molecule has 0 aliphatic carbocycles. The van der Waals surface area contributed by atoms with E-state index in [-0.39, 0.29) is 29.5 Å². The third-order valence-electron chi connectivity index (χ3n) is 4.27. The van der Waals surface area contributed by atoms with E-state index < -0.39 is 16.0 Å². The molecule has 0 atom stereocenters. The lowest BCUT2D eigenvalue weighted by atomic mass is 10.1. The molecule has 1 aromatic carbocycles. The van der Waals surface area contributed by atoms with Gasteiger partial charge in [0.05, 0.1) is 10.5 Å². The van der Waals surface area contributed by atoms with Gasteiger partial charge in [-0.25, -0.2) is 17.9 Å². The number of benzene rings is 1. The van der Waals surface area contributed by atoms with Gasteiger partial charge >= 0.3 is 5.97 Å². The van der Waals surface area contributed by atoms with Crippen LogP contribution >= 0.6 is 0 Å². The molecular weight excluding hydrogens is 356 g/mol. The third kappa shape index (κ3) is 5.81. The van der Waals surface area contributed by atoms with Gasteiger partial charge in [0.25, 0.3) is 5.91 Å². The predicted octanol–water partition coefficient (Wildman–Crippen LogP) is 1.93. The fraction of sp³-hybridized carbons (Fsp3) is 0.556. The van der Waals surface area contributed by atoms with Crippen molar-refractivity contribution in [2.45, 2.75) is 43.9 Å². The number of nitrogens with one attached hydrogen (secondary N) is 1. The van der Waals surface area contributed by atoms with Gasteiger partial charge in [-0.2, -0.15) is 0 Å². The highest BCUT2D eigenvalue weighted by molar-refractivity contribution is 7.89. The normalized spacial score (nSPS) is 15.8. The minimum Gasteiger partial charge on any atom is -0.452 e. The summed E-state index contributed by atoms with van der Waals surface area (Å²) in [6, 6.07) is 5.45. The summed E-state index contributed by atoms with van der Waals surface area (Å²) in [5.41, 5.74) is 0.209. The first-order valence-corrected chi connectivity index (χ1v) is 10.5. The maximum atomic E-state index is 12.2. The van der Waals surface area contributed by atoms with E-state index in [2.05, 4.69) is 4.72 Å². The molecule has 0 unspecified atom stereocenters. The van der Waals surface area contributed by atoms with Crippen LogP contribution in [0, 0.1) is 0 Å². The smallest absolute Gasteiger partial charge is 0.338 e. The molecule has 144 valence electrons. The van der Waals surface area contributed by atoms with E-state index in [1.165, 1.54) is 30.7 Å². The molecule has 1 aliphatic heterocycles. The molecule has 1 amide bonds. The van der Waals surface area contributed by atoms with Gasteiger partial charge in [-0.15, -0.1) is 0 Å². The van der Waals surface area contributed by atoms with Crippen molar-refractivity contribution in [2.24, 2.45) is 0 Å². The lowest BCUT2D eigenvalue weighted by molar-refractivity contribution is -0.134. The van der Waals surface area contributed by atoms with Crippen molar-refractivity contribution in [3.05, 3.63) is 29.8 Å². The van der Waals surface area contributed by atoms with E-state index in [0.29, 0.717) is 13.1 Å². The molecule has 1 aliphatic rings. The Bertz CT molecular complexity index is 708. The summed E-state index contributed by atoms with van der Waals surface area (Å²) in [5, 5.41) is 0. The number of carbonyl (C=O) groups is 2. The number of nitrogens with zero attached hydrogens (tertiary/aromatic N) is 1. The molecule has 7 nitrogen and oxygen atoms in total. The lowest BCUT2D eigenvalue weighted by Crippen LogP contribution is -2.36. The van der Waals surface area contributed by atoms with Crippen molar-refractivity contribution in [3.8, 4) is 0 Å². The van der Waals surface area contributed by atoms with Gasteiger partial charge in [-0.3, -0.25) is 4.79 Å². The number of esters is 1. The summed E-state index contributed by atoms with van der Waals surface area (Å²) in [5.74, 6) is -0.829. The summed E-state index contributed by atoms with van der Waals surface area (Å²) in [6.45, 7) is 3.08. The zero-order chi connectivity index (χ0) is 19.0. The van der Waals surface area contributed by atoms with Crippen molar-refractivity contribution < 1.29 is 22.7 Å². The van der Waals surface area contributed by atoms with E-state index in [9.17, 15) is 18.0 Å². The summed E-state index contributed by atoms with van der Waals surface area (Å²) >= 11 is 0. The zero-order valence-electron chi connectivity index (χ0n) is 15.1. The summed E-state index contributed by atoms with van der Waals surface area (Å²) in [4.78, 5) is 26.1. The molecule has 1 saturated heterocycles. The van der Waals surface area contributed by atoms with Crippen LogP contribution in [0.3, 0.4) is 0 Å². The Balaban J connectivity index is 1.90. The maximum absolute atomic E-state index is 12.2. The molecule has 1 heterocycles. The Morgan fingerprint density at radius 2 is 1.62 bits per heavy atom. The fourth-order valence-corrected chi connectivity index (χ4v) is 3.88. The Hall–Kier alpha value is -1.93. The summed E-state index contributed by atoms with van der Waals surface area (Å²) in [7, 11) is -3.56. The van der Waals surface area contributed by atoms with Crippen LogP contribution < -0.4 is 4.72 Å². The van der Waals surface area contributed by atoms with Crippen molar-refractivity contribution in [1.29, 1.82) is 0 Å². The Morgan fingerprint density at radius 3 is 2.19 bits per heavy atom. The number of carbonyl (C=O) groups excluding carboxylic acids is 2. The molecule has 0 bridgehead atoms. The largest absolute Gasteiger partial charge is 0.452 e. The molecule has 1 aromatic rings. The van der Waals surface area contributed by atoms with Crippen LogP contribution in [-0.4, -0.2) is 51.4 Å². The first kappa shape index (κ1) is 20.4. The van der Waals surface area contributed by atoms with Crippen LogP contribution in [0.4, 0.5) is 0 Å². The standard InChI is InChI=1S/C18H26N2O5S/c1-2-19-26(23,24)16-10-8-15(9-11-16)18(22)25-14-17(21)20-12-6-4-3-5-7-13-20/h8-11,19H,2-7,12-14H2,1H3. The van der Waals surface area contributed by atoms with Crippen LogP contribution in [0.5, 0.6) is 0 Å². The highest BCUT2D eigenvalue weighted by atomic mass is 32.2. The SMILES string of the molecule is CCNS(=O)(=O)c1ccc(C(=O)OCC(=O)N2CCCCCCC2)cc1. The van der Waals surface area contributed by atoms with E-state index in [1.54, 1.807) is 11.8 Å².